The van der Waals surface area contributed by atoms with Crippen LogP contribution < -0.4 is 14.8 Å². The van der Waals surface area contributed by atoms with E-state index in [0.29, 0.717) is 22.2 Å². The first-order valence-electron chi connectivity index (χ1n) is 7.03. The molecule has 0 atom stereocenters. The van der Waals surface area contributed by atoms with Crippen molar-refractivity contribution in [2.24, 2.45) is 0 Å². The lowest BCUT2D eigenvalue weighted by atomic mass is 10.2. The van der Waals surface area contributed by atoms with E-state index >= 15 is 0 Å². The maximum Gasteiger partial charge on any atom is 0.261 e. The maximum absolute atomic E-state index is 12.3. The summed E-state index contributed by atoms with van der Waals surface area (Å²) >= 11 is 1.40. The Bertz CT molecular complexity index is 643. The Kier molecular flexibility index (Phi) is 5.71. The van der Waals surface area contributed by atoms with Crippen molar-refractivity contribution >= 4 is 22.4 Å². The first-order valence-corrected chi connectivity index (χ1v) is 7.85. The third-order valence-corrected chi connectivity index (χ3v) is 3.98. The number of nitrogens with zero attached hydrogens (tertiary/aromatic N) is 2. The lowest BCUT2D eigenvalue weighted by Crippen LogP contribution is -2.13. The molecule has 1 amide bonds. The maximum atomic E-state index is 12.3. The van der Waals surface area contributed by atoms with Gasteiger partial charge in [0.1, 0.15) is 16.5 Å². The van der Waals surface area contributed by atoms with Gasteiger partial charge in [-0.15, -0.1) is 10.2 Å². The van der Waals surface area contributed by atoms with E-state index in [4.69, 9.17) is 9.47 Å². The van der Waals surface area contributed by atoms with Crippen LogP contribution in [0.2, 0.25) is 0 Å². The minimum atomic E-state index is -0.280. The second-order valence-corrected chi connectivity index (χ2v) is 5.69. The molecule has 118 valence electrons. The van der Waals surface area contributed by atoms with Crippen molar-refractivity contribution < 1.29 is 14.3 Å². The predicted molar refractivity (Wildman–Crippen MR) is 86.0 cm³/mol. The standard InChI is InChI=1S/C15H19N3O3S/c1-4-5-6-13-17-18-15(22-13)16-14(19)11-8-7-10(20-2)9-12(11)21-3/h7-9H,4-6H2,1-3H3,(H,16,18,19). The Morgan fingerprint density at radius 2 is 2.09 bits per heavy atom. The topological polar surface area (TPSA) is 73.3 Å². The van der Waals surface area contributed by atoms with Crippen LogP contribution in [-0.2, 0) is 6.42 Å². The van der Waals surface area contributed by atoms with E-state index in [1.807, 2.05) is 0 Å². The van der Waals surface area contributed by atoms with E-state index in [1.54, 1.807) is 25.3 Å². The number of anilines is 1. The molecular formula is C15H19N3O3S. The van der Waals surface area contributed by atoms with Crippen LogP contribution in [0.5, 0.6) is 11.5 Å². The van der Waals surface area contributed by atoms with Crippen LogP contribution in [-0.4, -0.2) is 30.3 Å². The predicted octanol–water partition coefficient (Wildman–Crippen LogP) is 3.15. The highest BCUT2D eigenvalue weighted by atomic mass is 32.1. The van der Waals surface area contributed by atoms with Gasteiger partial charge in [-0.3, -0.25) is 10.1 Å². The number of benzene rings is 1. The molecule has 6 nitrogen and oxygen atoms in total. The summed E-state index contributed by atoms with van der Waals surface area (Å²) < 4.78 is 10.4. The number of methoxy groups -OCH3 is 2. The normalized spacial score (nSPS) is 10.3. The second-order valence-electron chi connectivity index (χ2n) is 4.62. The molecular weight excluding hydrogens is 302 g/mol. The number of ether oxygens (including phenoxy) is 2. The SMILES string of the molecule is CCCCc1nnc(NC(=O)c2ccc(OC)cc2OC)s1. The van der Waals surface area contributed by atoms with Crippen LogP contribution in [0.25, 0.3) is 0 Å². The average Bonchev–Trinajstić information content (AvgIpc) is 2.99. The van der Waals surface area contributed by atoms with Gasteiger partial charge in [-0.2, -0.15) is 0 Å². The zero-order valence-corrected chi connectivity index (χ0v) is 13.7. The fourth-order valence-electron chi connectivity index (χ4n) is 1.88. The number of hydrogen-bond acceptors (Lipinski definition) is 6. The van der Waals surface area contributed by atoms with E-state index < -0.39 is 0 Å². The Morgan fingerprint density at radius 3 is 2.77 bits per heavy atom. The molecule has 0 aliphatic carbocycles. The van der Waals surface area contributed by atoms with Gasteiger partial charge >= 0.3 is 0 Å². The largest absolute Gasteiger partial charge is 0.497 e. The van der Waals surface area contributed by atoms with Gasteiger partial charge in [0, 0.05) is 12.5 Å². The summed E-state index contributed by atoms with van der Waals surface area (Å²) in [7, 11) is 3.08. The molecule has 2 rings (SSSR count). The number of rotatable bonds is 7. The smallest absolute Gasteiger partial charge is 0.261 e. The molecule has 0 saturated heterocycles. The first kappa shape index (κ1) is 16.2. The molecule has 1 heterocycles. The number of carbonyl (C=O) groups excluding carboxylic acids is 1. The number of aryl methyl sites for hydroxylation is 1. The van der Waals surface area contributed by atoms with Crippen LogP contribution >= 0.6 is 11.3 Å². The Balaban J connectivity index is 2.10. The van der Waals surface area contributed by atoms with Crippen LogP contribution in [0.1, 0.15) is 35.1 Å². The quantitative estimate of drug-likeness (QED) is 0.848. The summed E-state index contributed by atoms with van der Waals surface area (Å²) in [6.45, 7) is 2.12. The van der Waals surface area contributed by atoms with Crippen molar-refractivity contribution in [2.45, 2.75) is 26.2 Å². The Hall–Kier alpha value is -2.15. The molecule has 7 heteroatoms. The van der Waals surface area contributed by atoms with E-state index in [9.17, 15) is 4.79 Å². The number of nitrogens with one attached hydrogen (secondary N) is 1. The van der Waals surface area contributed by atoms with Gasteiger partial charge in [-0.1, -0.05) is 24.7 Å². The number of aromatic nitrogens is 2. The van der Waals surface area contributed by atoms with Crippen molar-refractivity contribution in [3.8, 4) is 11.5 Å². The Labute approximate surface area is 133 Å². The molecule has 0 aliphatic heterocycles. The van der Waals surface area contributed by atoms with Crippen LogP contribution in [0, 0.1) is 0 Å². The molecule has 0 aliphatic rings. The van der Waals surface area contributed by atoms with Crippen molar-refractivity contribution in [3.63, 3.8) is 0 Å². The minimum Gasteiger partial charge on any atom is -0.497 e. The highest BCUT2D eigenvalue weighted by Gasteiger charge is 2.15. The van der Waals surface area contributed by atoms with Crippen molar-refractivity contribution in [1.29, 1.82) is 0 Å². The molecule has 0 bridgehead atoms. The number of carbonyl (C=O) groups is 1. The van der Waals surface area contributed by atoms with Crippen LogP contribution in [0.3, 0.4) is 0 Å². The molecule has 0 radical (unpaired) electrons. The lowest BCUT2D eigenvalue weighted by Gasteiger charge is -2.09. The lowest BCUT2D eigenvalue weighted by molar-refractivity contribution is 0.102. The summed E-state index contributed by atoms with van der Waals surface area (Å²) in [5, 5.41) is 12.2. The third kappa shape index (κ3) is 3.94. The first-order chi connectivity index (χ1) is 10.7. The molecule has 0 unspecified atom stereocenters. The van der Waals surface area contributed by atoms with Crippen LogP contribution in [0.4, 0.5) is 5.13 Å². The molecule has 2 aromatic rings. The number of amides is 1. The molecule has 1 aromatic heterocycles. The Morgan fingerprint density at radius 1 is 1.27 bits per heavy atom. The zero-order valence-electron chi connectivity index (χ0n) is 12.9. The molecule has 0 saturated carbocycles. The minimum absolute atomic E-state index is 0.280. The van der Waals surface area contributed by atoms with Crippen molar-refractivity contribution in [2.75, 3.05) is 19.5 Å². The van der Waals surface area contributed by atoms with Gasteiger partial charge in [0.15, 0.2) is 0 Å². The molecule has 1 aromatic carbocycles. The molecule has 1 N–H and O–H groups in total. The van der Waals surface area contributed by atoms with E-state index in [1.165, 1.54) is 18.4 Å². The molecule has 22 heavy (non-hydrogen) atoms. The van der Waals surface area contributed by atoms with E-state index in [0.717, 1.165) is 24.3 Å². The fourth-order valence-corrected chi connectivity index (χ4v) is 2.66. The zero-order chi connectivity index (χ0) is 15.9. The monoisotopic (exact) mass is 321 g/mol. The van der Waals surface area contributed by atoms with Gasteiger partial charge in [-0.25, -0.2) is 0 Å². The van der Waals surface area contributed by atoms with Gasteiger partial charge in [0.25, 0.3) is 5.91 Å². The summed E-state index contributed by atoms with van der Waals surface area (Å²) in [4.78, 5) is 12.3. The van der Waals surface area contributed by atoms with Gasteiger partial charge < -0.3 is 9.47 Å². The number of hydrogen-bond donors (Lipinski definition) is 1. The summed E-state index contributed by atoms with van der Waals surface area (Å²) in [5.74, 6) is 0.802. The third-order valence-electron chi connectivity index (χ3n) is 3.08. The highest BCUT2D eigenvalue weighted by molar-refractivity contribution is 7.15. The fraction of sp³-hybridized carbons (Fsp3) is 0.400. The average molecular weight is 321 g/mol. The van der Waals surface area contributed by atoms with E-state index in [-0.39, 0.29) is 5.91 Å². The summed E-state index contributed by atoms with van der Waals surface area (Å²) in [6.07, 6.45) is 3.05. The molecule has 0 fully saturated rings. The summed E-state index contributed by atoms with van der Waals surface area (Å²) in [5.41, 5.74) is 0.425. The van der Waals surface area contributed by atoms with Gasteiger partial charge in [0.2, 0.25) is 5.13 Å². The second kappa shape index (κ2) is 7.74. The van der Waals surface area contributed by atoms with Crippen molar-refractivity contribution in [1.82, 2.24) is 10.2 Å². The summed E-state index contributed by atoms with van der Waals surface area (Å²) in [6, 6.07) is 5.04. The molecule has 0 spiro atoms. The van der Waals surface area contributed by atoms with Crippen LogP contribution in [0.15, 0.2) is 18.2 Å². The van der Waals surface area contributed by atoms with Crippen molar-refractivity contribution in [3.05, 3.63) is 28.8 Å². The van der Waals surface area contributed by atoms with Gasteiger partial charge in [0.05, 0.1) is 19.8 Å². The number of unbranched alkanes of at least 4 members (excludes halogenated alkanes) is 1. The van der Waals surface area contributed by atoms with E-state index in [2.05, 4.69) is 22.4 Å². The highest BCUT2D eigenvalue weighted by Crippen LogP contribution is 2.26. The van der Waals surface area contributed by atoms with Gasteiger partial charge in [-0.05, 0) is 18.6 Å².